The van der Waals surface area contributed by atoms with Crippen molar-refractivity contribution in [3.63, 3.8) is 0 Å². The van der Waals surface area contributed by atoms with E-state index in [1.165, 1.54) is 0 Å². The number of H-pyrrole nitrogens is 2. The Bertz CT molecular complexity index is 2070. The molecule has 4 aromatic heterocycles. The predicted octanol–water partition coefficient (Wildman–Crippen LogP) is 8.75. The number of aromatic nitrogens is 4. The number of rotatable bonds is 4. The van der Waals surface area contributed by atoms with E-state index in [0.717, 1.165) is 77.3 Å². The quantitative estimate of drug-likeness (QED) is 0.248. The van der Waals surface area contributed by atoms with Gasteiger partial charge in [-0.1, -0.05) is 60.7 Å². The van der Waals surface area contributed by atoms with Gasteiger partial charge in [0.05, 0.1) is 22.4 Å². The highest BCUT2D eigenvalue weighted by Gasteiger charge is 2.20. The minimum atomic E-state index is 0.889. The number of nitrogens with zero attached hydrogens (tertiary/aromatic N) is 2. The zero-order valence-electron chi connectivity index (χ0n) is 21.6. The van der Waals surface area contributed by atoms with E-state index in [1.807, 2.05) is 24.5 Å². The second-order valence-corrected chi connectivity index (χ2v) is 10.1. The third-order valence-electron chi connectivity index (χ3n) is 7.64. The largest absolute Gasteiger partial charge is 0.361 e. The lowest BCUT2D eigenvalue weighted by atomic mass is 9.88. The van der Waals surface area contributed by atoms with E-state index in [2.05, 4.69) is 119 Å². The number of nitrogens with one attached hydrogen (secondary N) is 2. The third-order valence-corrected chi connectivity index (χ3v) is 7.64. The fraction of sp³-hybridized carbons (Fsp3) is 0. The van der Waals surface area contributed by atoms with Gasteiger partial charge in [0.2, 0.25) is 0 Å². The van der Waals surface area contributed by atoms with Crippen LogP contribution in [0.25, 0.3) is 54.8 Å². The van der Waals surface area contributed by atoms with E-state index in [-0.39, 0.29) is 0 Å². The van der Waals surface area contributed by atoms with E-state index in [9.17, 15) is 0 Å². The molecule has 2 N–H and O–H groups in total. The molecular formula is C36H24N4. The highest BCUT2D eigenvalue weighted by molar-refractivity contribution is 6.06. The first-order valence-electron chi connectivity index (χ1n) is 13.4. The molecule has 4 aromatic carbocycles. The summed E-state index contributed by atoms with van der Waals surface area (Å²) < 4.78 is 0. The molecule has 4 nitrogen and oxygen atoms in total. The van der Waals surface area contributed by atoms with Gasteiger partial charge < -0.3 is 9.97 Å². The molecule has 8 aromatic rings. The Balaban J connectivity index is 1.51. The van der Waals surface area contributed by atoms with E-state index in [1.54, 1.807) is 0 Å². The monoisotopic (exact) mass is 512 g/mol. The average molecular weight is 513 g/mol. The summed E-state index contributed by atoms with van der Waals surface area (Å²) in [6.45, 7) is 0. The smallest absolute Gasteiger partial charge is 0.0737 e. The molecule has 4 heterocycles. The van der Waals surface area contributed by atoms with Crippen LogP contribution in [0.15, 0.2) is 134 Å². The van der Waals surface area contributed by atoms with Crippen LogP contribution in [0.5, 0.6) is 0 Å². The van der Waals surface area contributed by atoms with E-state index in [4.69, 9.17) is 9.97 Å². The number of pyridine rings is 2. The Labute approximate surface area is 230 Å². The average Bonchev–Trinajstić information content (AvgIpc) is 3.68. The Morgan fingerprint density at radius 2 is 0.925 bits per heavy atom. The van der Waals surface area contributed by atoms with Crippen LogP contribution in [0.2, 0.25) is 0 Å². The number of para-hydroxylation sites is 2. The molecule has 0 unspecified atom stereocenters. The topological polar surface area (TPSA) is 57.4 Å². The van der Waals surface area contributed by atoms with Crippen LogP contribution in [0.3, 0.4) is 0 Å². The van der Waals surface area contributed by atoms with Crippen molar-refractivity contribution in [1.29, 1.82) is 0 Å². The molecule has 0 saturated heterocycles. The van der Waals surface area contributed by atoms with Crippen LogP contribution in [-0.2, 0) is 0 Å². The number of hydrogen-bond donors (Lipinski definition) is 2. The molecule has 0 aliphatic rings. The molecule has 40 heavy (non-hydrogen) atoms. The van der Waals surface area contributed by atoms with Gasteiger partial charge in [-0.3, -0.25) is 0 Å². The molecule has 4 heteroatoms. The molecule has 0 spiro atoms. The fourth-order valence-corrected chi connectivity index (χ4v) is 5.67. The Hall–Kier alpha value is -5.48. The predicted molar refractivity (Wildman–Crippen MR) is 165 cm³/mol. The van der Waals surface area contributed by atoms with Crippen molar-refractivity contribution >= 4 is 54.8 Å². The minimum Gasteiger partial charge on any atom is -0.361 e. The first-order valence-corrected chi connectivity index (χ1v) is 13.4. The van der Waals surface area contributed by atoms with Crippen molar-refractivity contribution in [2.24, 2.45) is 0 Å². The Morgan fingerprint density at radius 3 is 1.45 bits per heavy atom. The molecule has 0 aliphatic heterocycles. The van der Waals surface area contributed by atoms with Crippen molar-refractivity contribution in [2.45, 2.75) is 0 Å². The molecule has 188 valence electrons. The zero-order chi connectivity index (χ0) is 26.5. The van der Waals surface area contributed by atoms with Crippen LogP contribution in [0.1, 0.15) is 22.5 Å². The maximum Gasteiger partial charge on any atom is 0.0737 e. The summed E-state index contributed by atoms with van der Waals surface area (Å²) in [4.78, 5) is 17.1. The van der Waals surface area contributed by atoms with Crippen molar-refractivity contribution in [1.82, 2.24) is 19.9 Å². The van der Waals surface area contributed by atoms with Crippen LogP contribution in [0, 0.1) is 0 Å². The summed E-state index contributed by atoms with van der Waals surface area (Å²) in [6, 6.07) is 42.5. The number of hydrogen-bond acceptors (Lipinski definition) is 2. The lowest BCUT2D eigenvalue weighted by molar-refractivity contribution is 1.28. The second kappa shape index (κ2) is 9.07. The number of fused-ring (bicyclic) bond motifs is 4. The van der Waals surface area contributed by atoms with E-state index in [0.29, 0.717) is 0 Å². The molecule has 0 radical (unpaired) electrons. The van der Waals surface area contributed by atoms with Gasteiger partial charge in [-0.15, -0.1) is 0 Å². The highest BCUT2D eigenvalue weighted by Crippen LogP contribution is 2.38. The third kappa shape index (κ3) is 3.77. The molecule has 0 saturated carbocycles. The maximum absolute atomic E-state index is 5.20. The van der Waals surface area contributed by atoms with Crippen LogP contribution < -0.4 is 0 Å². The van der Waals surface area contributed by atoms with Crippen molar-refractivity contribution in [2.75, 3.05) is 0 Å². The zero-order valence-corrected chi connectivity index (χ0v) is 21.6. The first-order chi connectivity index (χ1) is 19.8. The summed E-state index contributed by atoms with van der Waals surface area (Å²) in [5.41, 5.74) is 10.2. The molecule has 0 bridgehead atoms. The molecule has 8 rings (SSSR count). The summed E-state index contributed by atoms with van der Waals surface area (Å²) in [7, 11) is 0. The second-order valence-electron chi connectivity index (χ2n) is 10.1. The summed E-state index contributed by atoms with van der Waals surface area (Å²) in [5, 5.41) is 4.55. The maximum atomic E-state index is 5.20. The Morgan fingerprint density at radius 1 is 0.425 bits per heavy atom. The van der Waals surface area contributed by atoms with Crippen molar-refractivity contribution in [3.8, 4) is 0 Å². The van der Waals surface area contributed by atoms with E-state index < -0.39 is 0 Å². The van der Waals surface area contributed by atoms with Gasteiger partial charge in [-0.2, -0.15) is 0 Å². The first kappa shape index (κ1) is 22.5. The van der Waals surface area contributed by atoms with E-state index >= 15 is 0 Å². The van der Waals surface area contributed by atoms with Crippen molar-refractivity contribution < 1.29 is 0 Å². The normalized spacial score (nSPS) is 11.5. The van der Waals surface area contributed by atoms with Gasteiger partial charge in [0.1, 0.15) is 0 Å². The minimum absolute atomic E-state index is 0.889. The van der Waals surface area contributed by atoms with Gasteiger partial charge in [-0.25, -0.2) is 9.97 Å². The molecule has 0 amide bonds. The number of benzene rings is 4. The fourth-order valence-electron chi connectivity index (χ4n) is 5.67. The Kier molecular flexibility index (Phi) is 5.10. The summed E-state index contributed by atoms with van der Waals surface area (Å²) >= 11 is 0. The van der Waals surface area contributed by atoms with Crippen LogP contribution in [-0.4, -0.2) is 19.9 Å². The molecule has 0 aliphatic carbocycles. The number of aromatic amines is 2. The summed E-state index contributed by atoms with van der Waals surface area (Å²) in [6.07, 6.45) is 3.97. The molecule has 0 atom stereocenters. The molecular weight excluding hydrogens is 488 g/mol. The van der Waals surface area contributed by atoms with Gasteiger partial charge >= 0.3 is 0 Å². The van der Waals surface area contributed by atoms with Gasteiger partial charge in [0.25, 0.3) is 0 Å². The van der Waals surface area contributed by atoms with Crippen LogP contribution >= 0.6 is 0 Å². The lowest BCUT2D eigenvalue weighted by Crippen LogP contribution is -2.02. The van der Waals surface area contributed by atoms with Crippen molar-refractivity contribution in [3.05, 3.63) is 156 Å². The van der Waals surface area contributed by atoms with Gasteiger partial charge in [-0.05, 0) is 82.6 Å². The SMILES string of the molecule is c1ccc2nc(C(=C(c3ccc4[nH]ccc4c3)c3ccc4[nH]ccc4c3)c3ccc4ccccc4n3)ccc2c1. The lowest BCUT2D eigenvalue weighted by Gasteiger charge is -2.18. The van der Waals surface area contributed by atoms with Crippen LogP contribution in [0.4, 0.5) is 0 Å². The van der Waals surface area contributed by atoms with Gasteiger partial charge in [0.15, 0.2) is 0 Å². The van der Waals surface area contributed by atoms with Gasteiger partial charge in [0, 0.05) is 45.3 Å². The standard InChI is InChI=1S/C36H24N4/c1-3-7-31-23(5-1)9-15-33(39-31)36(34-16-10-24-6-2-4-8-32(24)40-34)35(27-11-13-29-25(21-27)17-19-37-29)28-12-14-30-26(22-28)18-20-38-30/h1-22,37-38H. The summed E-state index contributed by atoms with van der Waals surface area (Å²) in [5.74, 6) is 0. The molecule has 0 fully saturated rings. The highest BCUT2D eigenvalue weighted by atomic mass is 14.7.